The fourth-order valence-corrected chi connectivity index (χ4v) is 4.17. The van der Waals surface area contributed by atoms with Gasteiger partial charge in [0.1, 0.15) is 5.75 Å². The molecule has 2 aliphatic rings. The van der Waals surface area contributed by atoms with Gasteiger partial charge in [0.25, 0.3) is 0 Å². The molecule has 1 aliphatic carbocycles. The van der Waals surface area contributed by atoms with Gasteiger partial charge in [0.05, 0.1) is 0 Å². The summed E-state index contributed by atoms with van der Waals surface area (Å²) in [6.45, 7) is 2.94. The average Bonchev–Trinajstić information content (AvgIpc) is 2.52. The van der Waals surface area contributed by atoms with Gasteiger partial charge in [-0.2, -0.15) is 8.78 Å². The monoisotopic (exact) mass is 338 g/mol. The van der Waals surface area contributed by atoms with Crippen LogP contribution in [0.4, 0.5) is 8.78 Å². The Balaban J connectivity index is 1.72. The summed E-state index contributed by atoms with van der Waals surface area (Å²) in [6.07, 6.45) is 4.28. The number of hydrogen-bond donors (Lipinski definition) is 1. The first-order valence-corrected chi connectivity index (χ1v) is 8.98. The van der Waals surface area contributed by atoms with Crippen LogP contribution in [0.25, 0.3) is 0 Å². The molecule has 1 aromatic carbocycles. The molecule has 3 rings (SSSR count). The predicted octanol–water partition coefficient (Wildman–Crippen LogP) is 3.98. The first-order chi connectivity index (χ1) is 11.4. The van der Waals surface area contributed by atoms with Crippen LogP contribution in [0.2, 0.25) is 0 Å². The Morgan fingerprint density at radius 3 is 2.83 bits per heavy atom. The number of hydrogen-bond acceptors (Lipinski definition) is 3. The third-order valence-corrected chi connectivity index (χ3v) is 5.68. The first kappa shape index (κ1) is 17.6. The SMILES string of the molecule is C[C@@H]1CN(C)[C@H](C)C[C@@H]1N[C@H]1CCCc2cc(OC(F)F)ccc21. The van der Waals surface area contributed by atoms with Crippen LogP contribution in [-0.4, -0.2) is 37.2 Å². The summed E-state index contributed by atoms with van der Waals surface area (Å²) in [5, 5.41) is 3.86. The molecule has 0 saturated carbocycles. The van der Waals surface area contributed by atoms with Gasteiger partial charge in [-0.05, 0) is 68.8 Å². The van der Waals surface area contributed by atoms with Crippen LogP contribution in [0.5, 0.6) is 5.75 Å². The zero-order valence-corrected chi connectivity index (χ0v) is 14.8. The fraction of sp³-hybridized carbons (Fsp3) is 0.684. The third kappa shape index (κ3) is 3.89. The van der Waals surface area contributed by atoms with Crippen molar-refractivity contribution in [2.45, 2.75) is 64.3 Å². The van der Waals surface area contributed by atoms with Crippen LogP contribution in [0, 0.1) is 5.92 Å². The molecule has 0 unspecified atom stereocenters. The van der Waals surface area contributed by atoms with Gasteiger partial charge >= 0.3 is 6.61 Å². The lowest BCUT2D eigenvalue weighted by molar-refractivity contribution is -0.0499. The third-order valence-electron chi connectivity index (χ3n) is 5.68. The van der Waals surface area contributed by atoms with Gasteiger partial charge in [0.2, 0.25) is 0 Å². The number of likely N-dealkylation sites (tertiary alicyclic amines) is 1. The van der Waals surface area contributed by atoms with E-state index in [2.05, 4.69) is 35.8 Å². The second-order valence-electron chi connectivity index (χ2n) is 7.46. The minimum atomic E-state index is -2.76. The van der Waals surface area contributed by atoms with Crippen LogP contribution < -0.4 is 10.1 Å². The van der Waals surface area contributed by atoms with Gasteiger partial charge < -0.3 is 15.0 Å². The maximum absolute atomic E-state index is 12.4. The summed E-state index contributed by atoms with van der Waals surface area (Å²) in [5.74, 6) is 0.878. The van der Waals surface area contributed by atoms with E-state index in [-0.39, 0.29) is 5.75 Å². The standard InChI is InChI=1S/C19H28F2N2O/c1-12-11-23(3)13(2)9-18(12)22-17-6-4-5-14-10-15(24-19(20)21)7-8-16(14)17/h7-8,10,12-13,17-19,22H,4-6,9,11H2,1-3H3/t12-,13-,17+,18+/m1/s1. The number of nitrogens with zero attached hydrogens (tertiary/aromatic N) is 1. The first-order valence-electron chi connectivity index (χ1n) is 8.98. The highest BCUT2D eigenvalue weighted by Gasteiger charge is 2.31. The van der Waals surface area contributed by atoms with Crippen molar-refractivity contribution >= 4 is 0 Å². The zero-order valence-electron chi connectivity index (χ0n) is 14.8. The predicted molar refractivity (Wildman–Crippen MR) is 91.5 cm³/mol. The van der Waals surface area contributed by atoms with E-state index >= 15 is 0 Å². The zero-order chi connectivity index (χ0) is 17.3. The van der Waals surface area contributed by atoms with Crippen molar-refractivity contribution in [1.29, 1.82) is 0 Å². The van der Waals surface area contributed by atoms with E-state index in [4.69, 9.17) is 0 Å². The highest BCUT2D eigenvalue weighted by molar-refractivity contribution is 5.39. The van der Waals surface area contributed by atoms with Crippen LogP contribution in [0.3, 0.4) is 0 Å². The smallest absolute Gasteiger partial charge is 0.387 e. The number of nitrogens with one attached hydrogen (secondary N) is 1. The number of halogens is 2. The van der Waals surface area contributed by atoms with Gasteiger partial charge in [-0.15, -0.1) is 0 Å². The number of piperidine rings is 1. The lowest BCUT2D eigenvalue weighted by Crippen LogP contribution is -2.51. The maximum Gasteiger partial charge on any atom is 0.387 e. The van der Waals surface area contributed by atoms with Crippen molar-refractivity contribution in [3.05, 3.63) is 29.3 Å². The molecule has 5 heteroatoms. The van der Waals surface area contributed by atoms with Gasteiger partial charge in [0.15, 0.2) is 0 Å². The summed E-state index contributed by atoms with van der Waals surface area (Å²) in [4.78, 5) is 2.42. The van der Waals surface area contributed by atoms with Crippen molar-refractivity contribution in [2.24, 2.45) is 5.92 Å². The summed E-state index contributed by atoms with van der Waals surface area (Å²) in [5.41, 5.74) is 2.40. The molecule has 0 aromatic heterocycles. The van der Waals surface area contributed by atoms with Crippen molar-refractivity contribution in [1.82, 2.24) is 10.2 Å². The number of ether oxygens (including phenoxy) is 1. The summed E-state index contributed by atoms with van der Waals surface area (Å²) in [6, 6.07) is 6.83. The molecule has 1 heterocycles. The van der Waals surface area contributed by atoms with Gasteiger partial charge in [-0.3, -0.25) is 0 Å². The summed E-state index contributed by atoms with van der Waals surface area (Å²) >= 11 is 0. The fourth-order valence-electron chi connectivity index (χ4n) is 4.17. The van der Waals surface area contributed by atoms with Gasteiger partial charge in [0, 0.05) is 24.7 Å². The minimum absolute atomic E-state index is 0.269. The molecular weight excluding hydrogens is 310 g/mol. The molecule has 0 radical (unpaired) electrons. The van der Waals surface area contributed by atoms with E-state index in [0.717, 1.165) is 37.8 Å². The number of fused-ring (bicyclic) bond motifs is 1. The molecule has 24 heavy (non-hydrogen) atoms. The van der Waals surface area contributed by atoms with Gasteiger partial charge in [-0.25, -0.2) is 0 Å². The lowest BCUT2D eigenvalue weighted by Gasteiger charge is -2.42. The molecule has 3 nitrogen and oxygen atoms in total. The summed E-state index contributed by atoms with van der Waals surface area (Å²) in [7, 11) is 2.19. The number of aryl methyl sites for hydroxylation is 1. The topological polar surface area (TPSA) is 24.5 Å². The second-order valence-corrected chi connectivity index (χ2v) is 7.46. The molecule has 0 amide bonds. The van der Waals surface area contributed by atoms with Crippen LogP contribution in [0.15, 0.2) is 18.2 Å². The highest BCUT2D eigenvalue weighted by Crippen LogP contribution is 2.34. The van der Waals surface area contributed by atoms with E-state index in [1.54, 1.807) is 12.1 Å². The van der Waals surface area contributed by atoms with E-state index < -0.39 is 6.61 Å². The molecule has 0 bridgehead atoms. The Bertz CT molecular complexity index is 566. The van der Waals surface area contributed by atoms with Crippen molar-refractivity contribution in [2.75, 3.05) is 13.6 Å². The largest absolute Gasteiger partial charge is 0.435 e. The quantitative estimate of drug-likeness (QED) is 0.898. The number of rotatable bonds is 4. The second kappa shape index (κ2) is 7.36. The summed E-state index contributed by atoms with van der Waals surface area (Å²) < 4.78 is 29.4. The van der Waals surface area contributed by atoms with Crippen molar-refractivity contribution < 1.29 is 13.5 Å². The van der Waals surface area contributed by atoms with E-state index in [1.165, 1.54) is 5.56 Å². The Hall–Kier alpha value is -1.20. The molecule has 1 aromatic rings. The number of benzene rings is 1. The van der Waals surface area contributed by atoms with E-state index in [0.29, 0.717) is 24.0 Å². The maximum atomic E-state index is 12.4. The molecule has 4 atom stereocenters. The van der Waals surface area contributed by atoms with Crippen molar-refractivity contribution in [3.63, 3.8) is 0 Å². The Labute approximate surface area is 143 Å². The number of alkyl halides is 2. The van der Waals surface area contributed by atoms with E-state index in [9.17, 15) is 8.78 Å². The van der Waals surface area contributed by atoms with Crippen LogP contribution in [0.1, 0.15) is 50.3 Å². The average molecular weight is 338 g/mol. The normalized spacial score (nSPS) is 31.1. The molecular formula is C19H28F2N2O. The molecule has 1 saturated heterocycles. The van der Waals surface area contributed by atoms with Crippen molar-refractivity contribution in [3.8, 4) is 5.75 Å². The van der Waals surface area contributed by atoms with Crippen LogP contribution >= 0.6 is 0 Å². The van der Waals surface area contributed by atoms with E-state index in [1.807, 2.05) is 6.07 Å². The molecule has 1 N–H and O–H groups in total. The lowest BCUT2D eigenvalue weighted by atomic mass is 9.84. The molecule has 1 fully saturated rings. The van der Waals surface area contributed by atoms with Crippen LogP contribution in [-0.2, 0) is 6.42 Å². The molecule has 1 aliphatic heterocycles. The van der Waals surface area contributed by atoms with Gasteiger partial charge in [-0.1, -0.05) is 13.0 Å². The Kier molecular flexibility index (Phi) is 5.40. The Morgan fingerprint density at radius 2 is 2.08 bits per heavy atom. The minimum Gasteiger partial charge on any atom is -0.435 e. The highest BCUT2D eigenvalue weighted by atomic mass is 19.3. The Morgan fingerprint density at radius 1 is 1.29 bits per heavy atom. The molecule has 134 valence electrons. The molecule has 0 spiro atoms.